The number of hydrogen-bond acceptors (Lipinski definition) is 2. The number of Topliss-reactive ketones (excluding diaryl/α,β-unsaturated/α-hetero) is 1. The third-order valence-corrected chi connectivity index (χ3v) is 5.32. The molecule has 2 N–H and O–H groups in total. The predicted octanol–water partition coefficient (Wildman–Crippen LogP) is 3.55. The van der Waals surface area contributed by atoms with Crippen molar-refractivity contribution in [1.29, 1.82) is 0 Å². The molecule has 2 saturated carbocycles. The number of nitrogens with two attached hydrogens (primary N) is 1. The molecule has 1 aromatic carbocycles. The topological polar surface area (TPSA) is 43.1 Å². The largest absolute Gasteiger partial charge is 0.327 e. The maximum Gasteiger partial charge on any atom is 0.169 e. The van der Waals surface area contributed by atoms with Crippen molar-refractivity contribution in [3.05, 3.63) is 33.8 Å². The van der Waals surface area contributed by atoms with E-state index in [0.29, 0.717) is 27.4 Å². The van der Waals surface area contributed by atoms with Crippen LogP contribution in [0.2, 0.25) is 10.0 Å². The number of rotatable bonds is 2. The summed E-state index contributed by atoms with van der Waals surface area (Å²) in [5.41, 5.74) is 6.72. The number of halogens is 2. The Morgan fingerprint density at radius 2 is 1.94 bits per heavy atom. The van der Waals surface area contributed by atoms with Gasteiger partial charge in [0.25, 0.3) is 0 Å². The number of ketones is 1. The van der Waals surface area contributed by atoms with Crippen LogP contribution in [0.25, 0.3) is 0 Å². The molecule has 0 spiro atoms. The Balaban J connectivity index is 1.93. The molecule has 4 heteroatoms. The van der Waals surface area contributed by atoms with E-state index in [2.05, 4.69) is 0 Å². The van der Waals surface area contributed by atoms with Crippen LogP contribution in [-0.4, -0.2) is 11.8 Å². The molecule has 0 aromatic heterocycles. The summed E-state index contributed by atoms with van der Waals surface area (Å²) in [6, 6.07) is 5.20. The quantitative estimate of drug-likeness (QED) is 0.844. The lowest BCUT2D eigenvalue weighted by Crippen LogP contribution is -2.40. The van der Waals surface area contributed by atoms with E-state index in [1.807, 2.05) is 0 Å². The molecule has 0 heterocycles. The van der Waals surface area contributed by atoms with Gasteiger partial charge in [-0.05, 0) is 43.2 Å². The van der Waals surface area contributed by atoms with E-state index in [9.17, 15) is 4.79 Å². The van der Waals surface area contributed by atoms with Gasteiger partial charge >= 0.3 is 0 Å². The van der Waals surface area contributed by atoms with E-state index in [1.54, 1.807) is 18.2 Å². The fourth-order valence-corrected chi connectivity index (χ4v) is 3.99. The van der Waals surface area contributed by atoms with Crippen LogP contribution in [0.3, 0.4) is 0 Å². The summed E-state index contributed by atoms with van der Waals surface area (Å²) in [5.74, 6) is 0.955. The molecule has 18 heavy (non-hydrogen) atoms. The summed E-state index contributed by atoms with van der Waals surface area (Å²) in [5, 5.41) is 0.790. The molecule has 2 aliphatic rings. The summed E-state index contributed by atoms with van der Waals surface area (Å²) < 4.78 is 0. The van der Waals surface area contributed by atoms with Crippen LogP contribution in [-0.2, 0) is 0 Å². The number of hydrogen-bond donors (Lipinski definition) is 1. The molecule has 0 saturated heterocycles. The molecule has 4 unspecified atom stereocenters. The fraction of sp³-hybridized carbons (Fsp3) is 0.500. The van der Waals surface area contributed by atoms with E-state index in [0.717, 1.165) is 12.8 Å². The highest BCUT2D eigenvalue weighted by atomic mass is 35.5. The van der Waals surface area contributed by atoms with E-state index in [4.69, 9.17) is 28.9 Å². The first kappa shape index (κ1) is 12.5. The zero-order valence-corrected chi connectivity index (χ0v) is 11.4. The maximum absolute atomic E-state index is 12.6. The Bertz CT molecular complexity index is 501. The average Bonchev–Trinajstić information content (AvgIpc) is 2.92. The molecule has 1 aromatic rings. The van der Waals surface area contributed by atoms with Gasteiger partial charge < -0.3 is 5.73 Å². The minimum atomic E-state index is -0.0697. The van der Waals surface area contributed by atoms with Crippen molar-refractivity contribution < 1.29 is 4.79 Å². The van der Waals surface area contributed by atoms with Crippen LogP contribution in [0.5, 0.6) is 0 Å². The van der Waals surface area contributed by atoms with Crippen molar-refractivity contribution in [3.8, 4) is 0 Å². The first-order valence-electron chi connectivity index (χ1n) is 6.33. The summed E-state index contributed by atoms with van der Waals surface area (Å²) in [7, 11) is 0. The molecule has 96 valence electrons. The zero-order valence-electron chi connectivity index (χ0n) is 9.90. The summed E-state index contributed by atoms with van der Waals surface area (Å²) in [6.07, 6.45) is 3.38. The second kappa shape index (κ2) is 4.52. The predicted molar refractivity (Wildman–Crippen MR) is 73.1 cm³/mol. The Hall–Kier alpha value is -0.570. The molecule has 0 aliphatic heterocycles. The van der Waals surface area contributed by atoms with Gasteiger partial charge in [-0.25, -0.2) is 0 Å². The number of fused-ring (bicyclic) bond motifs is 2. The molecule has 0 amide bonds. The van der Waals surface area contributed by atoms with Gasteiger partial charge in [-0.1, -0.05) is 29.3 Å². The van der Waals surface area contributed by atoms with Crippen LogP contribution < -0.4 is 5.73 Å². The number of carbonyl (C=O) groups is 1. The Kier molecular flexibility index (Phi) is 3.13. The first-order chi connectivity index (χ1) is 8.59. The lowest BCUT2D eigenvalue weighted by atomic mass is 9.80. The van der Waals surface area contributed by atoms with Gasteiger partial charge in [0.2, 0.25) is 0 Å². The van der Waals surface area contributed by atoms with Crippen molar-refractivity contribution in [1.82, 2.24) is 0 Å². The number of carbonyl (C=O) groups excluding carboxylic acids is 1. The highest BCUT2D eigenvalue weighted by Crippen LogP contribution is 2.49. The Morgan fingerprint density at radius 3 is 2.61 bits per heavy atom. The zero-order chi connectivity index (χ0) is 12.9. The second-order valence-electron chi connectivity index (χ2n) is 5.40. The third-order valence-electron chi connectivity index (χ3n) is 4.50. The van der Waals surface area contributed by atoms with Crippen molar-refractivity contribution in [2.75, 3.05) is 0 Å². The normalized spacial score (nSPS) is 33.9. The highest BCUT2D eigenvalue weighted by Gasteiger charge is 2.49. The van der Waals surface area contributed by atoms with E-state index < -0.39 is 0 Å². The van der Waals surface area contributed by atoms with Crippen LogP contribution in [0.1, 0.15) is 29.6 Å². The first-order valence-corrected chi connectivity index (χ1v) is 7.09. The van der Waals surface area contributed by atoms with Gasteiger partial charge in [0.1, 0.15) is 0 Å². The highest BCUT2D eigenvalue weighted by molar-refractivity contribution is 6.44. The summed E-state index contributed by atoms with van der Waals surface area (Å²) >= 11 is 12.1. The average molecular weight is 284 g/mol. The molecule has 4 atom stereocenters. The molecule has 0 radical (unpaired) electrons. The van der Waals surface area contributed by atoms with Crippen LogP contribution in [0.4, 0.5) is 0 Å². The van der Waals surface area contributed by atoms with Crippen molar-refractivity contribution in [2.45, 2.75) is 25.3 Å². The van der Waals surface area contributed by atoms with Gasteiger partial charge in [-0.3, -0.25) is 4.79 Å². The van der Waals surface area contributed by atoms with Gasteiger partial charge in [0.05, 0.1) is 10.0 Å². The van der Waals surface area contributed by atoms with Crippen LogP contribution in [0, 0.1) is 17.8 Å². The molecule has 2 nitrogen and oxygen atoms in total. The smallest absolute Gasteiger partial charge is 0.169 e. The van der Waals surface area contributed by atoms with E-state index in [-0.39, 0.29) is 17.7 Å². The molecule has 3 rings (SSSR count). The van der Waals surface area contributed by atoms with Crippen molar-refractivity contribution in [3.63, 3.8) is 0 Å². The lowest BCUT2D eigenvalue weighted by molar-refractivity contribution is 0.0856. The molecular weight excluding hydrogens is 269 g/mol. The van der Waals surface area contributed by atoms with Crippen LogP contribution in [0.15, 0.2) is 18.2 Å². The maximum atomic E-state index is 12.6. The van der Waals surface area contributed by atoms with E-state index in [1.165, 1.54) is 6.42 Å². The van der Waals surface area contributed by atoms with Gasteiger partial charge in [0.15, 0.2) is 5.78 Å². The standard InChI is InChI=1S/C14H15Cl2NO/c15-10-3-1-2-9(12(10)16)14(18)11-7-4-5-8(6-7)13(11)17/h1-3,7-8,11,13H,4-6,17H2. The molecule has 2 fully saturated rings. The minimum absolute atomic E-state index is 0.00806. The third kappa shape index (κ3) is 1.78. The second-order valence-corrected chi connectivity index (χ2v) is 6.19. The van der Waals surface area contributed by atoms with Crippen molar-refractivity contribution in [2.24, 2.45) is 23.5 Å². The van der Waals surface area contributed by atoms with Crippen molar-refractivity contribution >= 4 is 29.0 Å². The van der Waals surface area contributed by atoms with Gasteiger partial charge in [-0.15, -0.1) is 0 Å². The van der Waals surface area contributed by atoms with Crippen LogP contribution >= 0.6 is 23.2 Å². The fourth-order valence-electron chi connectivity index (χ4n) is 3.60. The van der Waals surface area contributed by atoms with Gasteiger partial charge in [0, 0.05) is 17.5 Å². The summed E-state index contributed by atoms with van der Waals surface area (Å²) in [6.45, 7) is 0. The van der Waals surface area contributed by atoms with Gasteiger partial charge in [-0.2, -0.15) is 0 Å². The number of benzene rings is 1. The minimum Gasteiger partial charge on any atom is -0.327 e. The molecular formula is C14H15Cl2NO. The molecule has 2 bridgehead atoms. The SMILES string of the molecule is NC1C2CCC(C2)C1C(=O)c1cccc(Cl)c1Cl. The van der Waals surface area contributed by atoms with E-state index >= 15 is 0 Å². The Labute approximate surface area is 116 Å². The molecule has 2 aliphatic carbocycles. The Morgan fingerprint density at radius 1 is 1.22 bits per heavy atom. The summed E-state index contributed by atoms with van der Waals surface area (Å²) in [4.78, 5) is 12.6. The lowest BCUT2D eigenvalue weighted by Gasteiger charge is -2.27. The monoisotopic (exact) mass is 283 g/mol.